The highest BCUT2D eigenvalue weighted by Gasteiger charge is 2.19. The molecule has 27 heavy (non-hydrogen) atoms. The number of hydrogen-bond donors (Lipinski definition) is 1. The minimum absolute atomic E-state index is 0.0521. The number of nitrogens with one attached hydrogen (secondary N) is 1. The Morgan fingerprint density at radius 3 is 2.85 bits per heavy atom. The number of hydrogen-bond acceptors (Lipinski definition) is 7. The third kappa shape index (κ3) is 3.92. The second-order valence-corrected chi connectivity index (χ2v) is 5.54. The summed E-state index contributed by atoms with van der Waals surface area (Å²) in [6.45, 7) is 2.10. The van der Waals surface area contributed by atoms with Crippen LogP contribution < -0.4 is 15.7 Å². The van der Waals surface area contributed by atoms with Crippen LogP contribution >= 0.6 is 0 Å². The molecule has 0 radical (unpaired) electrons. The Labute approximate surface area is 152 Å². The molecule has 0 aliphatic rings. The molecule has 9 nitrogen and oxygen atoms in total. The molecule has 0 unspecified atom stereocenters. The summed E-state index contributed by atoms with van der Waals surface area (Å²) in [4.78, 5) is 39.1. The number of carbonyl (C=O) groups is 1. The zero-order valence-corrected chi connectivity index (χ0v) is 14.3. The minimum Gasteiger partial charge on any atom is -0.490 e. The molecule has 0 spiro atoms. The third-order valence-corrected chi connectivity index (χ3v) is 3.71. The maximum absolute atomic E-state index is 12.4. The maximum atomic E-state index is 12.4. The molecule has 0 saturated heterocycles. The van der Waals surface area contributed by atoms with E-state index in [1.54, 1.807) is 31.5 Å². The van der Waals surface area contributed by atoms with Crippen molar-refractivity contribution in [1.29, 1.82) is 0 Å². The SMILES string of the molecule is CCOc1cc([N+](=O)[O-])cc2cc(C(=O)NCc3cccnc3)c(=O)oc12. The molecule has 1 amide bonds. The van der Waals surface area contributed by atoms with E-state index in [0.29, 0.717) is 0 Å². The van der Waals surface area contributed by atoms with Crippen molar-refractivity contribution in [3.8, 4) is 5.75 Å². The summed E-state index contributed by atoms with van der Waals surface area (Å²) in [6.07, 6.45) is 3.19. The summed E-state index contributed by atoms with van der Waals surface area (Å²) < 4.78 is 10.5. The number of carbonyl (C=O) groups excluding carboxylic acids is 1. The molecule has 1 aromatic carbocycles. The van der Waals surface area contributed by atoms with Gasteiger partial charge in [-0.3, -0.25) is 19.9 Å². The molecule has 138 valence electrons. The number of ether oxygens (including phenoxy) is 1. The van der Waals surface area contributed by atoms with Gasteiger partial charge in [0.1, 0.15) is 5.56 Å². The van der Waals surface area contributed by atoms with Gasteiger partial charge < -0.3 is 14.5 Å². The van der Waals surface area contributed by atoms with E-state index in [1.165, 1.54) is 18.2 Å². The summed E-state index contributed by atoms with van der Waals surface area (Å²) in [5.74, 6) is -0.583. The molecule has 0 atom stereocenters. The molecular formula is C18H15N3O6. The highest BCUT2D eigenvalue weighted by molar-refractivity contribution is 5.97. The van der Waals surface area contributed by atoms with Gasteiger partial charge in [0.05, 0.1) is 17.6 Å². The topological polar surface area (TPSA) is 125 Å². The van der Waals surface area contributed by atoms with Crippen molar-refractivity contribution >= 4 is 22.6 Å². The first-order chi connectivity index (χ1) is 13.0. The first-order valence-corrected chi connectivity index (χ1v) is 8.05. The number of non-ortho nitro benzene ring substituents is 1. The number of pyridine rings is 1. The number of nitro benzene ring substituents is 1. The third-order valence-electron chi connectivity index (χ3n) is 3.71. The van der Waals surface area contributed by atoms with Crippen molar-refractivity contribution in [1.82, 2.24) is 10.3 Å². The Morgan fingerprint density at radius 2 is 2.19 bits per heavy atom. The van der Waals surface area contributed by atoms with Gasteiger partial charge in [0.2, 0.25) is 0 Å². The Morgan fingerprint density at radius 1 is 1.37 bits per heavy atom. The summed E-state index contributed by atoms with van der Waals surface area (Å²) in [6, 6.07) is 7.15. The van der Waals surface area contributed by atoms with Crippen LogP contribution in [-0.2, 0) is 6.54 Å². The lowest BCUT2D eigenvalue weighted by Gasteiger charge is -2.08. The summed E-state index contributed by atoms with van der Waals surface area (Å²) in [5.41, 5.74) is -0.543. The molecule has 9 heteroatoms. The lowest BCUT2D eigenvalue weighted by molar-refractivity contribution is -0.384. The number of rotatable bonds is 6. The molecule has 0 bridgehead atoms. The number of benzene rings is 1. The van der Waals surface area contributed by atoms with Crippen LogP contribution in [0.1, 0.15) is 22.8 Å². The minimum atomic E-state index is -0.860. The average molecular weight is 369 g/mol. The summed E-state index contributed by atoms with van der Waals surface area (Å²) in [5, 5.41) is 13.9. The number of amides is 1. The van der Waals surface area contributed by atoms with Gasteiger partial charge in [-0.1, -0.05) is 6.07 Å². The van der Waals surface area contributed by atoms with Crippen LogP contribution in [0.25, 0.3) is 11.0 Å². The van der Waals surface area contributed by atoms with Crippen LogP contribution in [0.4, 0.5) is 5.69 Å². The van der Waals surface area contributed by atoms with Gasteiger partial charge in [0, 0.05) is 30.4 Å². The Balaban J connectivity index is 1.98. The highest BCUT2D eigenvalue weighted by atomic mass is 16.6. The van der Waals surface area contributed by atoms with E-state index < -0.39 is 16.5 Å². The normalized spacial score (nSPS) is 10.6. The molecule has 0 aliphatic carbocycles. The fourth-order valence-corrected chi connectivity index (χ4v) is 2.49. The van der Waals surface area contributed by atoms with Gasteiger partial charge in [0.15, 0.2) is 11.3 Å². The van der Waals surface area contributed by atoms with Gasteiger partial charge in [-0.05, 0) is 24.6 Å². The molecule has 2 aromatic heterocycles. The van der Waals surface area contributed by atoms with Crippen molar-refractivity contribution in [2.75, 3.05) is 6.61 Å². The van der Waals surface area contributed by atoms with Crippen molar-refractivity contribution in [2.24, 2.45) is 0 Å². The van der Waals surface area contributed by atoms with E-state index in [4.69, 9.17) is 9.15 Å². The predicted octanol–water partition coefficient (Wildman–Crippen LogP) is 2.42. The van der Waals surface area contributed by atoms with Crippen LogP contribution in [-0.4, -0.2) is 22.4 Å². The van der Waals surface area contributed by atoms with Gasteiger partial charge in [-0.2, -0.15) is 0 Å². The monoisotopic (exact) mass is 369 g/mol. The largest absolute Gasteiger partial charge is 0.490 e. The van der Waals surface area contributed by atoms with Crippen molar-refractivity contribution in [3.63, 3.8) is 0 Å². The zero-order chi connectivity index (χ0) is 19.4. The summed E-state index contributed by atoms with van der Waals surface area (Å²) in [7, 11) is 0. The number of nitro groups is 1. The first-order valence-electron chi connectivity index (χ1n) is 8.05. The molecule has 0 saturated carbocycles. The van der Waals surface area contributed by atoms with E-state index in [1.807, 2.05) is 0 Å². The van der Waals surface area contributed by atoms with Crippen LogP contribution in [0.5, 0.6) is 5.75 Å². The lowest BCUT2D eigenvalue weighted by atomic mass is 10.1. The van der Waals surface area contributed by atoms with Gasteiger partial charge >= 0.3 is 5.63 Å². The lowest BCUT2D eigenvalue weighted by Crippen LogP contribution is -2.27. The molecule has 2 heterocycles. The predicted molar refractivity (Wildman–Crippen MR) is 95.7 cm³/mol. The molecule has 3 rings (SSSR count). The van der Waals surface area contributed by atoms with Crippen LogP contribution in [0.3, 0.4) is 0 Å². The van der Waals surface area contributed by atoms with Crippen LogP contribution in [0, 0.1) is 10.1 Å². The van der Waals surface area contributed by atoms with Gasteiger partial charge in [0.25, 0.3) is 11.6 Å². The average Bonchev–Trinajstić information content (AvgIpc) is 2.66. The molecule has 0 aliphatic heterocycles. The molecule has 3 aromatic rings. The van der Waals surface area contributed by atoms with Crippen molar-refractivity contribution in [2.45, 2.75) is 13.5 Å². The smallest absolute Gasteiger partial charge is 0.349 e. The van der Waals surface area contributed by atoms with E-state index >= 15 is 0 Å². The van der Waals surface area contributed by atoms with Crippen molar-refractivity contribution < 1.29 is 18.9 Å². The van der Waals surface area contributed by atoms with E-state index in [9.17, 15) is 19.7 Å². The second-order valence-electron chi connectivity index (χ2n) is 5.54. The highest BCUT2D eigenvalue weighted by Crippen LogP contribution is 2.30. The quantitative estimate of drug-likeness (QED) is 0.402. The standard InChI is InChI=1S/C18H15N3O6/c1-2-26-15-8-13(21(24)25)6-12-7-14(18(23)27-16(12)15)17(22)20-10-11-4-3-5-19-9-11/h3-9H,2,10H2,1H3,(H,20,22). The molecular weight excluding hydrogens is 354 g/mol. The maximum Gasteiger partial charge on any atom is 0.349 e. The van der Waals surface area contributed by atoms with E-state index in [-0.39, 0.29) is 41.1 Å². The Kier molecular flexibility index (Phi) is 5.11. The van der Waals surface area contributed by atoms with Crippen molar-refractivity contribution in [3.05, 3.63) is 74.4 Å². The second kappa shape index (κ2) is 7.65. The van der Waals surface area contributed by atoms with E-state index in [0.717, 1.165) is 5.56 Å². The van der Waals surface area contributed by atoms with Crippen LogP contribution in [0.2, 0.25) is 0 Å². The van der Waals surface area contributed by atoms with E-state index in [2.05, 4.69) is 10.3 Å². The first kappa shape index (κ1) is 18.1. The fourth-order valence-electron chi connectivity index (χ4n) is 2.49. The number of aromatic nitrogens is 1. The number of nitrogens with zero attached hydrogens (tertiary/aromatic N) is 2. The van der Waals surface area contributed by atoms with Gasteiger partial charge in [-0.15, -0.1) is 0 Å². The Hall–Kier alpha value is -3.75. The van der Waals surface area contributed by atoms with Gasteiger partial charge in [-0.25, -0.2) is 4.79 Å². The fraction of sp³-hybridized carbons (Fsp3) is 0.167. The zero-order valence-electron chi connectivity index (χ0n) is 14.3. The number of fused-ring (bicyclic) bond motifs is 1. The van der Waals surface area contributed by atoms with Crippen LogP contribution in [0.15, 0.2) is 51.9 Å². The molecule has 0 fully saturated rings. The summed E-state index contributed by atoms with van der Waals surface area (Å²) >= 11 is 0. The molecule has 1 N–H and O–H groups in total. The Bertz CT molecular complexity index is 1060.